The zero-order valence-electron chi connectivity index (χ0n) is 14.8. The minimum Gasteiger partial charge on any atom is -0.361 e. The van der Waals surface area contributed by atoms with Crippen molar-refractivity contribution in [3.63, 3.8) is 0 Å². The number of nitrogens with zero attached hydrogens (tertiary/aromatic N) is 4. The third-order valence-corrected chi connectivity index (χ3v) is 5.77. The lowest BCUT2D eigenvalue weighted by atomic mass is 9.94. The molecule has 0 radical (unpaired) electrons. The highest BCUT2D eigenvalue weighted by Crippen LogP contribution is 2.48. The lowest BCUT2D eigenvalue weighted by molar-refractivity contribution is 0.243. The van der Waals surface area contributed by atoms with E-state index >= 15 is 0 Å². The van der Waals surface area contributed by atoms with Crippen LogP contribution in [0, 0.1) is 0 Å². The highest BCUT2D eigenvalue weighted by atomic mass is 16.5. The van der Waals surface area contributed by atoms with Crippen LogP contribution in [0.2, 0.25) is 0 Å². The summed E-state index contributed by atoms with van der Waals surface area (Å²) in [6.45, 7) is 3.18. The van der Waals surface area contributed by atoms with E-state index in [4.69, 9.17) is 9.05 Å². The maximum atomic E-state index is 5.51. The predicted octanol–water partition coefficient (Wildman–Crippen LogP) is 3.98. The van der Waals surface area contributed by atoms with Gasteiger partial charge in [-0.1, -0.05) is 47.6 Å². The van der Waals surface area contributed by atoms with E-state index in [0.29, 0.717) is 29.6 Å². The molecule has 0 unspecified atom stereocenters. The number of hydrogen-bond acceptors (Lipinski definition) is 6. The van der Waals surface area contributed by atoms with Crippen molar-refractivity contribution in [1.29, 1.82) is 0 Å². The molecule has 1 aromatic carbocycles. The molecule has 134 valence electrons. The van der Waals surface area contributed by atoms with Crippen LogP contribution in [-0.4, -0.2) is 32.8 Å². The van der Waals surface area contributed by atoms with Gasteiger partial charge in [0.1, 0.15) is 5.76 Å². The minimum atomic E-state index is 0.303. The van der Waals surface area contributed by atoms with Crippen LogP contribution in [0.25, 0.3) is 11.6 Å². The van der Waals surface area contributed by atoms with Crippen molar-refractivity contribution in [2.24, 2.45) is 0 Å². The standard InChI is InChI=1S/C20H22N4O2/c1-2-14-11-16(22-25-14)20-21-19(23-26-20)15-12-18(13-7-4-3-5-8-13)24-10-6-9-17(15)24/h3-5,7-8,11,15,17-18H,2,6,9-10,12H2,1H3/t15-,17+,18-/m1/s1. The summed E-state index contributed by atoms with van der Waals surface area (Å²) in [6.07, 6.45) is 4.26. The molecule has 4 heterocycles. The monoisotopic (exact) mass is 350 g/mol. The second-order valence-corrected chi connectivity index (χ2v) is 7.21. The summed E-state index contributed by atoms with van der Waals surface area (Å²) in [7, 11) is 0. The summed E-state index contributed by atoms with van der Waals surface area (Å²) >= 11 is 0. The van der Waals surface area contributed by atoms with Gasteiger partial charge in [-0.05, 0) is 31.4 Å². The molecule has 2 aromatic heterocycles. The van der Waals surface area contributed by atoms with E-state index in [2.05, 4.69) is 50.5 Å². The third kappa shape index (κ3) is 2.56. The fourth-order valence-electron chi connectivity index (χ4n) is 4.52. The molecule has 0 amide bonds. The van der Waals surface area contributed by atoms with Crippen molar-refractivity contribution in [2.75, 3.05) is 6.54 Å². The number of fused-ring (bicyclic) bond motifs is 1. The number of aromatic nitrogens is 3. The Morgan fingerprint density at radius 2 is 2.04 bits per heavy atom. The Kier molecular flexibility index (Phi) is 3.85. The number of aryl methyl sites for hydroxylation is 1. The van der Waals surface area contributed by atoms with Crippen LogP contribution in [-0.2, 0) is 6.42 Å². The molecule has 2 aliphatic heterocycles. The number of hydrogen-bond donors (Lipinski definition) is 0. The van der Waals surface area contributed by atoms with Crippen molar-refractivity contribution in [3.8, 4) is 11.6 Å². The van der Waals surface area contributed by atoms with Crippen LogP contribution in [0.15, 0.2) is 45.4 Å². The molecule has 0 saturated carbocycles. The zero-order valence-corrected chi connectivity index (χ0v) is 14.8. The first kappa shape index (κ1) is 15.8. The average Bonchev–Trinajstić information content (AvgIpc) is 3.44. The van der Waals surface area contributed by atoms with Gasteiger partial charge in [0.25, 0.3) is 5.89 Å². The molecule has 6 heteroatoms. The SMILES string of the molecule is CCc1cc(-c2nc([C@@H]3C[C@H](c4ccccc4)N4CCC[C@@H]34)no2)no1. The molecule has 0 bridgehead atoms. The van der Waals surface area contributed by atoms with Gasteiger partial charge < -0.3 is 9.05 Å². The van der Waals surface area contributed by atoms with Crippen LogP contribution in [0.1, 0.15) is 55.3 Å². The van der Waals surface area contributed by atoms with Crippen LogP contribution in [0.3, 0.4) is 0 Å². The van der Waals surface area contributed by atoms with E-state index in [-0.39, 0.29) is 0 Å². The summed E-state index contributed by atoms with van der Waals surface area (Å²) in [4.78, 5) is 7.30. The molecule has 0 spiro atoms. The molecule has 3 atom stereocenters. The molecule has 3 aromatic rings. The van der Waals surface area contributed by atoms with Crippen LogP contribution in [0.5, 0.6) is 0 Å². The van der Waals surface area contributed by atoms with Crippen LogP contribution < -0.4 is 0 Å². The van der Waals surface area contributed by atoms with E-state index in [1.165, 1.54) is 18.4 Å². The highest BCUT2D eigenvalue weighted by Gasteiger charge is 2.46. The average molecular weight is 350 g/mol. The van der Waals surface area contributed by atoms with Gasteiger partial charge in [-0.15, -0.1) is 0 Å². The molecule has 2 saturated heterocycles. The van der Waals surface area contributed by atoms with Gasteiger partial charge in [0.2, 0.25) is 0 Å². The van der Waals surface area contributed by atoms with Crippen molar-refractivity contribution in [3.05, 3.63) is 53.5 Å². The van der Waals surface area contributed by atoms with Gasteiger partial charge >= 0.3 is 0 Å². The minimum absolute atomic E-state index is 0.303. The Morgan fingerprint density at radius 1 is 1.15 bits per heavy atom. The molecular weight excluding hydrogens is 328 g/mol. The van der Waals surface area contributed by atoms with E-state index in [1.807, 2.05) is 13.0 Å². The first-order valence-corrected chi connectivity index (χ1v) is 9.43. The smallest absolute Gasteiger partial charge is 0.280 e. The van der Waals surface area contributed by atoms with Crippen molar-refractivity contribution < 1.29 is 9.05 Å². The second-order valence-electron chi connectivity index (χ2n) is 7.21. The van der Waals surface area contributed by atoms with Gasteiger partial charge in [0, 0.05) is 30.5 Å². The first-order valence-electron chi connectivity index (χ1n) is 9.43. The summed E-state index contributed by atoms with van der Waals surface area (Å²) in [6, 6.07) is 13.6. The lowest BCUT2D eigenvalue weighted by Crippen LogP contribution is -2.27. The fraction of sp³-hybridized carbons (Fsp3) is 0.450. The van der Waals surface area contributed by atoms with Gasteiger partial charge in [-0.25, -0.2) is 0 Å². The Labute approximate surface area is 152 Å². The van der Waals surface area contributed by atoms with Gasteiger partial charge in [0.05, 0.1) is 0 Å². The number of benzene rings is 1. The Hall–Kier alpha value is -2.47. The molecule has 26 heavy (non-hydrogen) atoms. The molecule has 5 rings (SSSR count). The first-order chi connectivity index (χ1) is 12.8. The van der Waals surface area contributed by atoms with E-state index in [0.717, 1.165) is 31.0 Å². The zero-order chi connectivity index (χ0) is 17.5. The maximum Gasteiger partial charge on any atom is 0.280 e. The van der Waals surface area contributed by atoms with E-state index < -0.39 is 0 Å². The predicted molar refractivity (Wildman–Crippen MR) is 95.4 cm³/mol. The van der Waals surface area contributed by atoms with Crippen molar-refractivity contribution >= 4 is 0 Å². The summed E-state index contributed by atoms with van der Waals surface area (Å²) in [5.74, 6) is 2.39. The molecular formula is C20H22N4O2. The van der Waals surface area contributed by atoms with E-state index in [1.54, 1.807) is 0 Å². The van der Waals surface area contributed by atoms with Crippen LogP contribution >= 0.6 is 0 Å². The maximum absolute atomic E-state index is 5.51. The van der Waals surface area contributed by atoms with Crippen LogP contribution in [0.4, 0.5) is 0 Å². The topological polar surface area (TPSA) is 68.2 Å². The second kappa shape index (κ2) is 6.36. The fourth-order valence-corrected chi connectivity index (χ4v) is 4.52. The van der Waals surface area contributed by atoms with E-state index in [9.17, 15) is 0 Å². The third-order valence-electron chi connectivity index (χ3n) is 5.77. The largest absolute Gasteiger partial charge is 0.361 e. The van der Waals surface area contributed by atoms with Gasteiger partial charge in [-0.3, -0.25) is 4.90 Å². The summed E-state index contributed by atoms with van der Waals surface area (Å²) in [5, 5.41) is 8.35. The Morgan fingerprint density at radius 3 is 2.85 bits per heavy atom. The van der Waals surface area contributed by atoms with Crippen molar-refractivity contribution in [1.82, 2.24) is 20.2 Å². The Balaban J connectivity index is 1.43. The van der Waals surface area contributed by atoms with Crippen molar-refractivity contribution in [2.45, 2.75) is 50.6 Å². The molecule has 0 aliphatic carbocycles. The van der Waals surface area contributed by atoms with Gasteiger partial charge in [0.15, 0.2) is 11.5 Å². The normalized spacial score (nSPS) is 25.7. The molecule has 2 aliphatic rings. The summed E-state index contributed by atoms with van der Waals surface area (Å²) in [5.41, 5.74) is 2.01. The number of rotatable bonds is 4. The summed E-state index contributed by atoms with van der Waals surface area (Å²) < 4.78 is 10.8. The highest BCUT2D eigenvalue weighted by molar-refractivity contribution is 5.46. The molecule has 0 N–H and O–H groups in total. The molecule has 2 fully saturated rings. The quantitative estimate of drug-likeness (QED) is 0.709. The van der Waals surface area contributed by atoms with Gasteiger partial charge in [-0.2, -0.15) is 4.98 Å². The molecule has 6 nitrogen and oxygen atoms in total. The Bertz CT molecular complexity index is 888. The lowest BCUT2D eigenvalue weighted by Gasteiger charge is -2.24.